The molecule has 3 aromatic carbocycles. The molecule has 6 heteroatoms. The van der Waals surface area contributed by atoms with Crippen LogP contribution in [0.4, 0.5) is 0 Å². The molecule has 1 heterocycles. The number of rotatable bonds is 9. The van der Waals surface area contributed by atoms with Crippen LogP contribution in [-0.2, 0) is 6.54 Å². The summed E-state index contributed by atoms with van der Waals surface area (Å²) in [7, 11) is 1.56. The van der Waals surface area contributed by atoms with E-state index in [4.69, 9.17) is 14.5 Å². The van der Waals surface area contributed by atoms with E-state index in [9.17, 15) is 4.79 Å². The van der Waals surface area contributed by atoms with Crippen LogP contribution < -0.4 is 14.8 Å². The number of hydrogen-bond donors (Lipinski definition) is 1. The summed E-state index contributed by atoms with van der Waals surface area (Å²) in [5.41, 5.74) is 3.58. The molecule has 0 saturated heterocycles. The molecule has 0 aliphatic rings. The van der Waals surface area contributed by atoms with Crippen LogP contribution >= 0.6 is 0 Å². The van der Waals surface area contributed by atoms with Crippen molar-refractivity contribution in [3.8, 4) is 11.5 Å². The summed E-state index contributed by atoms with van der Waals surface area (Å²) >= 11 is 0. The molecule has 33 heavy (non-hydrogen) atoms. The molecule has 0 radical (unpaired) electrons. The lowest BCUT2D eigenvalue weighted by molar-refractivity contribution is 0.0934. The predicted molar refractivity (Wildman–Crippen MR) is 130 cm³/mol. The summed E-state index contributed by atoms with van der Waals surface area (Å²) in [6.07, 6.45) is 0.814. The highest BCUT2D eigenvalue weighted by Gasteiger charge is 2.20. The van der Waals surface area contributed by atoms with Gasteiger partial charge in [-0.1, -0.05) is 42.5 Å². The van der Waals surface area contributed by atoms with Crippen LogP contribution in [-0.4, -0.2) is 29.2 Å². The number of nitrogens with one attached hydrogen (secondary N) is 1. The lowest BCUT2D eigenvalue weighted by Gasteiger charge is -2.17. The molecule has 170 valence electrons. The van der Waals surface area contributed by atoms with Crippen LogP contribution in [0.5, 0.6) is 11.5 Å². The maximum absolute atomic E-state index is 12.9. The van der Waals surface area contributed by atoms with E-state index in [-0.39, 0.29) is 11.9 Å². The van der Waals surface area contributed by atoms with Gasteiger partial charge >= 0.3 is 0 Å². The molecule has 1 unspecified atom stereocenters. The molecule has 1 N–H and O–H groups in total. The fourth-order valence-corrected chi connectivity index (χ4v) is 3.95. The average molecular weight is 444 g/mol. The van der Waals surface area contributed by atoms with Crippen molar-refractivity contribution in [3.63, 3.8) is 0 Å². The maximum atomic E-state index is 12.9. The van der Waals surface area contributed by atoms with Crippen molar-refractivity contribution in [2.45, 2.75) is 32.9 Å². The molecule has 0 aliphatic carbocycles. The molecule has 6 nitrogen and oxygen atoms in total. The van der Waals surface area contributed by atoms with Gasteiger partial charge in [-0.15, -0.1) is 0 Å². The van der Waals surface area contributed by atoms with Gasteiger partial charge in [-0.3, -0.25) is 4.79 Å². The zero-order valence-corrected chi connectivity index (χ0v) is 19.2. The number of methoxy groups -OCH3 is 1. The second kappa shape index (κ2) is 10.2. The van der Waals surface area contributed by atoms with Gasteiger partial charge in [-0.05, 0) is 56.2 Å². The van der Waals surface area contributed by atoms with Crippen molar-refractivity contribution in [1.82, 2.24) is 14.9 Å². The number of aromatic nitrogens is 2. The topological polar surface area (TPSA) is 65.4 Å². The molecule has 0 aliphatic heterocycles. The van der Waals surface area contributed by atoms with Gasteiger partial charge in [-0.25, -0.2) is 4.98 Å². The van der Waals surface area contributed by atoms with Gasteiger partial charge in [0.25, 0.3) is 5.91 Å². The third kappa shape index (κ3) is 5.00. The second-order valence-electron chi connectivity index (χ2n) is 7.97. The van der Waals surface area contributed by atoms with Gasteiger partial charge in [0.2, 0.25) is 0 Å². The summed E-state index contributed by atoms with van der Waals surface area (Å²) in [5.74, 6) is 2.08. The monoisotopic (exact) mass is 443 g/mol. The Balaban J connectivity index is 1.50. The summed E-state index contributed by atoms with van der Waals surface area (Å²) in [4.78, 5) is 17.8. The Morgan fingerprint density at radius 1 is 1.00 bits per heavy atom. The van der Waals surface area contributed by atoms with E-state index in [1.54, 1.807) is 19.2 Å². The van der Waals surface area contributed by atoms with Gasteiger partial charge in [-0.2, -0.15) is 0 Å². The zero-order valence-electron chi connectivity index (χ0n) is 19.2. The summed E-state index contributed by atoms with van der Waals surface area (Å²) in [6.45, 7) is 5.33. The van der Waals surface area contributed by atoms with E-state index < -0.39 is 0 Å². The van der Waals surface area contributed by atoms with Gasteiger partial charge < -0.3 is 19.4 Å². The molecule has 1 amide bonds. The Hall–Kier alpha value is -3.80. The first-order chi connectivity index (χ1) is 16.1. The SMILES string of the molecule is COc1ccccc1C(=O)NC(C)c1nc2ccccc2n1CCCOc1ccccc1C. The molecule has 1 aromatic heterocycles. The van der Waals surface area contributed by atoms with Crippen molar-refractivity contribution in [2.24, 2.45) is 0 Å². The van der Waals surface area contributed by atoms with Crippen LogP contribution in [0.2, 0.25) is 0 Å². The third-order valence-electron chi connectivity index (χ3n) is 5.65. The summed E-state index contributed by atoms with van der Waals surface area (Å²) in [6, 6.07) is 23.0. The van der Waals surface area contributed by atoms with Crippen LogP contribution in [0.25, 0.3) is 11.0 Å². The number of para-hydroxylation sites is 4. The molecule has 4 rings (SSSR count). The number of fused-ring (bicyclic) bond motifs is 1. The maximum Gasteiger partial charge on any atom is 0.255 e. The molecule has 0 bridgehead atoms. The van der Waals surface area contributed by atoms with E-state index in [1.165, 1.54) is 0 Å². The van der Waals surface area contributed by atoms with E-state index in [0.29, 0.717) is 17.9 Å². The molecular formula is C27H29N3O3. The number of carbonyl (C=O) groups excluding carboxylic acids is 1. The Kier molecular flexibility index (Phi) is 6.93. The predicted octanol–water partition coefficient (Wildman–Crippen LogP) is 5.31. The molecular weight excluding hydrogens is 414 g/mol. The number of ether oxygens (including phenoxy) is 2. The Morgan fingerprint density at radius 2 is 1.70 bits per heavy atom. The molecule has 0 spiro atoms. The van der Waals surface area contributed by atoms with Crippen molar-refractivity contribution >= 4 is 16.9 Å². The lowest BCUT2D eigenvalue weighted by Crippen LogP contribution is -2.29. The first kappa shape index (κ1) is 22.4. The van der Waals surface area contributed by atoms with Gasteiger partial charge in [0, 0.05) is 6.54 Å². The van der Waals surface area contributed by atoms with E-state index in [2.05, 4.69) is 16.0 Å². The molecule has 4 aromatic rings. The van der Waals surface area contributed by atoms with Gasteiger partial charge in [0.1, 0.15) is 17.3 Å². The Labute approximate surface area is 194 Å². The van der Waals surface area contributed by atoms with Gasteiger partial charge in [0.15, 0.2) is 0 Å². The first-order valence-electron chi connectivity index (χ1n) is 11.2. The highest BCUT2D eigenvalue weighted by molar-refractivity contribution is 5.97. The lowest BCUT2D eigenvalue weighted by atomic mass is 10.1. The number of hydrogen-bond acceptors (Lipinski definition) is 4. The van der Waals surface area contributed by atoms with E-state index in [1.807, 2.05) is 68.4 Å². The minimum atomic E-state index is -0.285. The van der Waals surface area contributed by atoms with Crippen LogP contribution in [0, 0.1) is 6.92 Å². The number of carbonyl (C=O) groups is 1. The number of aryl methyl sites for hydroxylation is 2. The fraction of sp³-hybridized carbons (Fsp3) is 0.259. The van der Waals surface area contributed by atoms with Gasteiger partial charge in [0.05, 0.1) is 36.4 Å². The van der Waals surface area contributed by atoms with Crippen molar-refractivity contribution in [2.75, 3.05) is 13.7 Å². The number of amides is 1. The largest absolute Gasteiger partial charge is 0.496 e. The highest BCUT2D eigenvalue weighted by Crippen LogP contribution is 2.23. The van der Waals surface area contributed by atoms with Crippen molar-refractivity contribution in [1.29, 1.82) is 0 Å². The van der Waals surface area contributed by atoms with E-state index >= 15 is 0 Å². The molecule has 0 fully saturated rings. The number of imidazole rings is 1. The van der Waals surface area contributed by atoms with Crippen LogP contribution in [0.1, 0.15) is 41.1 Å². The normalized spacial score (nSPS) is 11.8. The average Bonchev–Trinajstić information content (AvgIpc) is 3.21. The highest BCUT2D eigenvalue weighted by atomic mass is 16.5. The van der Waals surface area contributed by atoms with Crippen molar-refractivity contribution < 1.29 is 14.3 Å². The Bertz CT molecular complexity index is 1250. The van der Waals surface area contributed by atoms with Crippen LogP contribution in [0.3, 0.4) is 0 Å². The second-order valence-corrected chi connectivity index (χ2v) is 7.97. The summed E-state index contributed by atoms with van der Waals surface area (Å²) < 4.78 is 13.5. The minimum Gasteiger partial charge on any atom is -0.496 e. The zero-order chi connectivity index (χ0) is 23.2. The number of nitrogens with zero attached hydrogens (tertiary/aromatic N) is 2. The van der Waals surface area contributed by atoms with E-state index in [0.717, 1.165) is 41.1 Å². The smallest absolute Gasteiger partial charge is 0.255 e. The molecule has 1 atom stereocenters. The summed E-state index contributed by atoms with van der Waals surface area (Å²) in [5, 5.41) is 3.08. The third-order valence-corrected chi connectivity index (χ3v) is 5.65. The number of benzene rings is 3. The van der Waals surface area contributed by atoms with Crippen molar-refractivity contribution in [3.05, 3.63) is 89.7 Å². The standard InChI is InChI=1S/C27H29N3O3/c1-19-11-4-8-15-24(19)33-18-10-17-30-23-14-7-6-13-22(23)29-26(30)20(2)28-27(31)21-12-5-9-16-25(21)32-3/h4-9,11-16,20H,10,17-18H2,1-3H3,(H,28,31). The Morgan fingerprint density at radius 3 is 2.48 bits per heavy atom. The van der Waals surface area contributed by atoms with Crippen LogP contribution in [0.15, 0.2) is 72.8 Å². The fourth-order valence-electron chi connectivity index (χ4n) is 3.95. The first-order valence-corrected chi connectivity index (χ1v) is 11.2. The molecule has 0 saturated carbocycles. The minimum absolute atomic E-state index is 0.193. The quantitative estimate of drug-likeness (QED) is 0.356.